The summed E-state index contributed by atoms with van der Waals surface area (Å²) in [5.74, 6) is -0.132. The lowest BCUT2D eigenvalue weighted by Crippen LogP contribution is -2.14. The van der Waals surface area contributed by atoms with Crippen molar-refractivity contribution in [1.29, 1.82) is 0 Å². The van der Waals surface area contributed by atoms with Crippen molar-refractivity contribution in [3.05, 3.63) is 22.5 Å². The molecule has 0 amide bonds. The van der Waals surface area contributed by atoms with Gasteiger partial charge in [-0.1, -0.05) is 0 Å². The molecule has 0 saturated heterocycles. The predicted octanol–water partition coefficient (Wildman–Crippen LogP) is 3.74. The first kappa shape index (κ1) is 15.5. The molecule has 0 aliphatic heterocycles. The molecule has 2 aromatic heterocycles. The van der Waals surface area contributed by atoms with Crippen molar-refractivity contribution < 1.29 is 13.2 Å². The van der Waals surface area contributed by atoms with Crippen LogP contribution in [0.1, 0.15) is 23.2 Å². The van der Waals surface area contributed by atoms with E-state index in [2.05, 4.69) is 25.6 Å². The number of alkyl halides is 3. The average Bonchev–Trinajstić information content (AvgIpc) is 2.67. The summed E-state index contributed by atoms with van der Waals surface area (Å²) in [6, 6.07) is 0. The third-order valence-electron chi connectivity index (χ3n) is 2.57. The van der Waals surface area contributed by atoms with Crippen molar-refractivity contribution in [1.82, 2.24) is 15.0 Å². The van der Waals surface area contributed by atoms with Crippen molar-refractivity contribution >= 4 is 28.1 Å². The van der Waals surface area contributed by atoms with Crippen LogP contribution in [-0.2, 0) is 6.18 Å². The summed E-state index contributed by atoms with van der Waals surface area (Å²) < 4.78 is 38.5. The molecular formula is C12H14F3N5S. The fourth-order valence-electron chi connectivity index (χ4n) is 1.70. The molecule has 0 saturated carbocycles. The largest absolute Gasteiger partial charge is 0.421 e. The van der Waals surface area contributed by atoms with Crippen LogP contribution in [0.4, 0.5) is 29.9 Å². The van der Waals surface area contributed by atoms with Gasteiger partial charge in [-0.2, -0.15) is 18.2 Å². The van der Waals surface area contributed by atoms with Gasteiger partial charge in [0.1, 0.15) is 16.4 Å². The third kappa shape index (κ3) is 3.60. The Balaban J connectivity index is 2.33. The second-order valence-electron chi connectivity index (χ2n) is 4.26. The van der Waals surface area contributed by atoms with Crippen LogP contribution in [0.25, 0.3) is 0 Å². The van der Waals surface area contributed by atoms with Crippen LogP contribution in [0.2, 0.25) is 0 Å². The summed E-state index contributed by atoms with van der Waals surface area (Å²) in [6.45, 7) is 5.69. The fraction of sp³-hybridized carbons (Fsp3) is 0.417. The van der Waals surface area contributed by atoms with E-state index in [9.17, 15) is 13.2 Å². The minimum Gasteiger partial charge on any atom is -0.370 e. The Morgan fingerprint density at radius 3 is 2.48 bits per heavy atom. The number of thiazole rings is 1. The summed E-state index contributed by atoms with van der Waals surface area (Å²) in [7, 11) is 0. The highest BCUT2D eigenvalue weighted by Crippen LogP contribution is 2.34. The van der Waals surface area contributed by atoms with E-state index < -0.39 is 11.7 Å². The standard InChI is InChI=1S/C12H14F3N5S/c1-4-16-9-8(12(13,14)15)5-17-11(19-9)20-10-6(2)18-7(3)21-10/h5H,4H2,1-3H3,(H2,16,17,19,20). The number of rotatable bonds is 4. The van der Waals surface area contributed by atoms with Gasteiger partial charge in [0.25, 0.3) is 0 Å². The molecule has 0 bridgehead atoms. The average molecular weight is 317 g/mol. The fourth-order valence-corrected chi connectivity index (χ4v) is 2.51. The van der Waals surface area contributed by atoms with E-state index >= 15 is 0 Å². The van der Waals surface area contributed by atoms with E-state index in [0.717, 1.165) is 21.9 Å². The first-order chi connectivity index (χ1) is 9.81. The maximum Gasteiger partial charge on any atom is 0.421 e. The van der Waals surface area contributed by atoms with Gasteiger partial charge in [0.15, 0.2) is 0 Å². The zero-order chi connectivity index (χ0) is 15.6. The van der Waals surface area contributed by atoms with Gasteiger partial charge in [0.05, 0.1) is 10.7 Å². The van der Waals surface area contributed by atoms with Crippen LogP contribution < -0.4 is 10.6 Å². The van der Waals surface area contributed by atoms with E-state index in [0.29, 0.717) is 6.54 Å². The SMILES string of the molecule is CCNc1nc(Nc2sc(C)nc2C)ncc1C(F)(F)F. The van der Waals surface area contributed by atoms with Gasteiger partial charge in [-0.3, -0.25) is 0 Å². The van der Waals surface area contributed by atoms with Crippen LogP contribution in [0, 0.1) is 13.8 Å². The number of aromatic nitrogens is 3. The molecule has 5 nitrogen and oxygen atoms in total. The van der Waals surface area contributed by atoms with E-state index in [1.54, 1.807) is 13.8 Å². The quantitative estimate of drug-likeness (QED) is 0.899. The van der Waals surface area contributed by atoms with Crippen LogP contribution in [-0.4, -0.2) is 21.5 Å². The lowest BCUT2D eigenvalue weighted by molar-refractivity contribution is -0.137. The Hall–Kier alpha value is -1.90. The number of aryl methyl sites for hydroxylation is 2. The molecule has 114 valence electrons. The van der Waals surface area contributed by atoms with Crippen molar-refractivity contribution in [2.24, 2.45) is 0 Å². The monoisotopic (exact) mass is 317 g/mol. The van der Waals surface area contributed by atoms with Gasteiger partial charge in [-0.25, -0.2) is 9.97 Å². The van der Waals surface area contributed by atoms with Gasteiger partial charge in [0.2, 0.25) is 5.95 Å². The van der Waals surface area contributed by atoms with Crippen LogP contribution >= 0.6 is 11.3 Å². The maximum absolute atomic E-state index is 12.8. The summed E-state index contributed by atoms with van der Waals surface area (Å²) in [6.07, 6.45) is -3.72. The van der Waals surface area contributed by atoms with Gasteiger partial charge in [-0.15, -0.1) is 11.3 Å². The first-order valence-electron chi connectivity index (χ1n) is 6.20. The van der Waals surface area contributed by atoms with Crippen molar-refractivity contribution in [2.75, 3.05) is 17.2 Å². The minimum atomic E-state index is -4.49. The zero-order valence-corrected chi connectivity index (χ0v) is 12.5. The molecule has 0 spiro atoms. The number of nitrogens with one attached hydrogen (secondary N) is 2. The van der Waals surface area contributed by atoms with Crippen LogP contribution in [0.5, 0.6) is 0 Å². The lowest BCUT2D eigenvalue weighted by atomic mass is 10.3. The third-order valence-corrected chi connectivity index (χ3v) is 3.56. The number of halogens is 3. The van der Waals surface area contributed by atoms with Crippen LogP contribution in [0.3, 0.4) is 0 Å². The Bertz CT molecular complexity index is 638. The Kier molecular flexibility index (Phi) is 4.31. The minimum absolute atomic E-state index is 0.102. The molecule has 0 radical (unpaired) electrons. The van der Waals surface area contributed by atoms with Gasteiger partial charge >= 0.3 is 6.18 Å². The molecule has 2 aromatic rings. The predicted molar refractivity (Wildman–Crippen MR) is 76.1 cm³/mol. The zero-order valence-electron chi connectivity index (χ0n) is 11.7. The normalized spacial score (nSPS) is 11.5. The number of hydrogen-bond acceptors (Lipinski definition) is 6. The Labute approximate surface area is 123 Å². The smallest absolute Gasteiger partial charge is 0.370 e. The van der Waals surface area contributed by atoms with E-state index in [1.165, 1.54) is 11.3 Å². The topological polar surface area (TPSA) is 62.7 Å². The molecule has 0 aliphatic rings. The van der Waals surface area contributed by atoms with E-state index in [1.807, 2.05) is 6.92 Å². The molecule has 2 rings (SSSR count). The van der Waals surface area contributed by atoms with Crippen molar-refractivity contribution in [3.63, 3.8) is 0 Å². The molecule has 21 heavy (non-hydrogen) atoms. The van der Waals surface area contributed by atoms with Gasteiger partial charge in [-0.05, 0) is 20.8 Å². The van der Waals surface area contributed by atoms with E-state index in [-0.39, 0.29) is 11.8 Å². The highest BCUT2D eigenvalue weighted by atomic mass is 32.1. The van der Waals surface area contributed by atoms with Crippen LogP contribution in [0.15, 0.2) is 6.20 Å². The highest BCUT2D eigenvalue weighted by molar-refractivity contribution is 7.15. The molecule has 2 heterocycles. The second kappa shape index (κ2) is 5.84. The Morgan fingerprint density at radius 2 is 1.95 bits per heavy atom. The summed E-state index contributed by atoms with van der Waals surface area (Å²) in [5, 5.41) is 7.07. The highest BCUT2D eigenvalue weighted by Gasteiger charge is 2.35. The van der Waals surface area contributed by atoms with Gasteiger partial charge in [0, 0.05) is 12.7 Å². The van der Waals surface area contributed by atoms with Crippen molar-refractivity contribution in [3.8, 4) is 0 Å². The molecule has 2 N–H and O–H groups in total. The molecular weight excluding hydrogens is 303 g/mol. The van der Waals surface area contributed by atoms with Gasteiger partial charge < -0.3 is 10.6 Å². The number of nitrogens with zero attached hydrogens (tertiary/aromatic N) is 3. The second-order valence-corrected chi connectivity index (χ2v) is 5.46. The molecule has 0 fully saturated rings. The number of anilines is 3. The molecule has 0 aromatic carbocycles. The molecule has 9 heteroatoms. The summed E-state index contributed by atoms with van der Waals surface area (Å²) >= 11 is 1.39. The molecule has 0 atom stereocenters. The number of hydrogen-bond donors (Lipinski definition) is 2. The Morgan fingerprint density at radius 1 is 1.24 bits per heavy atom. The lowest BCUT2D eigenvalue weighted by Gasteiger charge is -2.13. The molecule has 0 unspecified atom stereocenters. The first-order valence-corrected chi connectivity index (χ1v) is 7.02. The van der Waals surface area contributed by atoms with Crippen molar-refractivity contribution in [2.45, 2.75) is 26.9 Å². The molecule has 0 aliphatic carbocycles. The maximum atomic E-state index is 12.8. The summed E-state index contributed by atoms with van der Waals surface area (Å²) in [5.41, 5.74) is -0.127. The van der Waals surface area contributed by atoms with E-state index in [4.69, 9.17) is 0 Å². The summed E-state index contributed by atoms with van der Waals surface area (Å²) in [4.78, 5) is 11.9.